The maximum absolute atomic E-state index is 13.0. The Bertz CT molecular complexity index is 1180. The summed E-state index contributed by atoms with van der Waals surface area (Å²) in [5.41, 5.74) is 0.725. The van der Waals surface area contributed by atoms with E-state index in [4.69, 9.17) is 34.8 Å². The molecule has 1 aliphatic rings. The van der Waals surface area contributed by atoms with E-state index in [0.29, 0.717) is 16.9 Å². The number of hydrogen-bond donors (Lipinski definition) is 0. The van der Waals surface area contributed by atoms with Gasteiger partial charge < -0.3 is 28.4 Å². The molecule has 4 atom stereocenters. The van der Waals surface area contributed by atoms with Gasteiger partial charge in [0, 0.05) is 0 Å². The maximum atomic E-state index is 13.0. The Balaban J connectivity index is 1.55. The highest BCUT2D eigenvalue weighted by Crippen LogP contribution is 2.30. The molecule has 0 amide bonds. The zero-order valence-electron chi connectivity index (χ0n) is 19.9. The summed E-state index contributed by atoms with van der Waals surface area (Å²) in [5, 5.41) is 0. The van der Waals surface area contributed by atoms with Crippen molar-refractivity contribution in [1.82, 2.24) is 0 Å². The molecule has 1 heterocycles. The SMILES string of the molecule is C#CCOCO[C@@H]1[C@H](Oc2ccccc2)O[C@H](COC(=O)c2ccccc2)[C@H]1OC(=O)c1ccccc1. The first-order chi connectivity index (χ1) is 18.2. The Morgan fingerprint density at radius 1 is 0.811 bits per heavy atom. The molecule has 3 aromatic carbocycles. The highest BCUT2D eigenvalue weighted by Gasteiger charge is 2.50. The Hall–Kier alpha value is -4.16. The summed E-state index contributed by atoms with van der Waals surface area (Å²) in [6.45, 7) is -0.368. The molecule has 0 N–H and O–H groups in total. The van der Waals surface area contributed by atoms with Gasteiger partial charge in [0.2, 0.25) is 6.29 Å². The topological polar surface area (TPSA) is 89.5 Å². The fourth-order valence-corrected chi connectivity index (χ4v) is 3.68. The Morgan fingerprint density at radius 3 is 2.03 bits per heavy atom. The van der Waals surface area contributed by atoms with Gasteiger partial charge in [-0.3, -0.25) is 0 Å². The first-order valence-corrected chi connectivity index (χ1v) is 11.6. The van der Waals surface area contributed by atoms with Gasteiger partial charge in [-0.1, -0.05) is 60.5 Å². The number of carbonyl (C=O) groups is 2. The molecule has 1 saturated heterocycles. The van der Waals surface area contributed by atoms with E-state index in [1.165, 1.54) is 0 Å². The smallest absolute Gasteiger partial charge is 0.338 e. The standard InChI is InChI=1S/C29H26O8/c1-2-18-32-20-34-26-25(37-28(31)22-14-8-4-9-15-22)24(19-33-27(30)21-12-6-3-7-13-21)36-29(26)35-23-16-10-5-11-17-23/h1,3-17,24-26,29H,18-20H2/t24-,25-,26+,29-/m1/s1. The van der Waals surface area contributed by atoms with E-state index < -0.39 is 36.5 Å². The van der Waals surface area contributed by atoms with E-state index in [1.54, 1.807) is 72.8 Å². The van der Waals surface area contributed by atoms with Crippen LogP contribution in [0.25, 0.3) is 0 Å². The maximum Gasteiger partial charge on any atom is 0.338 e. The first kappa shape index (κ1) is 25.9. The van der Waals surface area contributed by atoms with Crippen LogP contribution in [0.4, 0.5) is 0 Å². The lowest BCUT2D eigenvalue weighted by Gasteiger charge is -2.24. The second kappa shape index (κ2) is 13.2. The van der Waals surface area contributed by atoms with E-state index in [0.717, 1.165) is 0 Å². The van der Waals surface area contributed by atoms with Crippen LogP contribution in [-0.2, 0) is 23.7 Å². The van der Waals surface area contributed by atoms with E-state index in [-0.39, 0.29) is 20.0 Å². The zero-order chi connectivity index (χ0) is 25.9. The lowest BCUT2D eigenvalue weighted by atomic mass is 10.1. The average Bonchev–Trinajstić information content (AvgIpc) is 3.26. The van der Waals surface area contributed by atoms with Gasteiger partial charge in [-0.25, -0.2) is 9.59 Å². The van der Waals surface area contributed by atoms with Crippen LogP contribution < -0.4 is 4.74 Å². The van der Waals surface area contributed by atoms with Crippen LogP contribution in [0, 0.1) is 12.3 Å². The minimum Gasteiger partial charge on any atom is -0.462 e. The molecule has 0 saturated carbocycles. The number of para-hydroxylation sites is 1. The molecule has 1 aliphatic heterocycles. The van der Waals surface area contributed by atoms with Gasteiger partial charge in [0.05, 0.1) is 11.1 Å². The fourth-order valence-electron chi connectivity index (χ4n) is 3.68. The quantitative estimate of drug-likeness (QED) is 0.169. The monoisotopic (exact) mass is 502 g/mol. The van der Waals surface area contributed by atoms with Crippen molar-refractivity contribution >= 4 is 11.9 Å². The molecule has 0 bridgehead atoms. The molecule has 190 valence electrons. The third kappa shape index (κ3) is 7.18. The minimum atomic E-state index is -0.995. The predicted molar refractivity (Wildman–Crippen MR) is 133 cm³/mol. The van der Waals surface area contributed by atoms with Crippen LogP contribution in [-0.4, -0.2) is 56.5 Å². The second-order valence-electron chi connectivity index (χ2n) is 7.98. The molecule has 1 fully saturated rings. The number of carbonyl (C=O) groups excluding carboxylic acids is 2. The Kier molecular flexibility index (Phi) is 9.27. The molecule has 0 radical (unpaired) electrons. The van der Waals surface area contributed by atoms with E-state index >= 15 is 0 Å². The summed E-state index contributed by atoms with van der Waals surface area (Å²) < 4.78 is 34.6. The van der Waals surface area contributed by atoms with Crippen molar-refractivity contribution in [2.24, 2.45) is 0 Å². The molecule has 8 nitrogen and oxygen atoms in total. The van der Waals surface area contributed by atoms with Crippen molar-refractivity contribution in [3.63, 3.8) is 0 Å². The Labute approximate surface area is 215 Å². The largest absolute Gasteiger partial charge is 0.462 e. The summed E-state index contributed by atoms with van der Waals surface area (Å²) >= 11 is 0. The molecular weight excluding hydrogens is 476 g/mol. The summed E-state index contributed by atoms with van der Waals surface area (Å²) in [4.78, 5) is 25.5. The van der Waals surface area contributed by atoms with Gasteiger partial charge >= 0.3 is 11.9 Å². The van der Waals surface area contributed by atoms with Gasteiger partial charge in [0.25, 0.3) is 0 Å². The average molecular weight is 503 g/mol. The molecule has 0 spiro atoms. The summed E-state index contributed by atoms with van der Waals surface area (Å²) in [7, 11) is 0. The number of esters is 2. The second-order valence-corrected chi connectivity index (χ2v) is 7.98. The van der Waals surface area contributed by atoms with Crippen LogP contribution >= 0.6 is 0 Å². The van der Waals surface area contributed by atoms with Crippen molar-refractivity contribution in [3.8, 4) is 18.1 Å². The van der Waals surface area contributed by atoms with Crippen molar-refractivity contribution in [2.45, 2.75) is 24.6 Å². The molecule has 0 aromatic heterocycles. The van der Waals surface area contributed by atoms with Gasteiger partial charge in [0.15, 0.2) is 12.2 Å². The fraction of sp³-hybridized carbons (Fsp3) is 0.241. The number of hydrogen-bond acceptors (Lipinski definition) is 8. The summed E-state index contributed by atoms with van der Waals surface area (Å²) in [6.07, 6.45) is 1.47. The number of rotatable bonds is 11. The molecule has 8 heteroatoms. The number of ether oxygens (including phenoxy) is 6. The van der Waals surface area contributed by atoms with Crippen molar-refractivity contribution in [1.29, 1.82) is 0 Å². The summed E-state index contributed by atoms with van der Waals surface area (Å²) in [6, 6.07) is 26.0. The molecule has 37 heavy (non-hydrogen) atoms. The minimum absolute atomic E-state index is 0.0321. The van der Waals surface area contributed by atoms with Gasteiger partial charge in [-0.2, -0.15) is 0 Å². The lowest BCUT2D eigenvalue weighted by molar-refractivity contribution is -0.165. The third-order valence-corrected chi connectivity index (χ3v) is 5.43. The van der Waals surface area contributed by atoms with Crippen LogP contribution in [0.1, 0.15) is 20.7 Å². The Morgan fingerprint density at radius 2 is 1.41 bits per heavy atom. The molecule has 4 rings (SSSR count). The van der Waals surface area contributed by atoms with Gasteiger partial charge in [-0.15, -0.1) is 6.42 Å². The van der Waals surface area contributed by atoms with E-state index in [1.807, 2.05) is 18.2 Å². The van der Waals surface area contributed by atoms with Gasteiger partial charge in [0.1, 0.15) is 31.9 Å². The zero-order valence-corrected chi connectivity index (χ0v) is 19.9. The van der Waals surface area contributed by atoms with Crippen LogP contribution in [0.5, 0.6) is 5.75 Å². The molecule has 0 aliphatic carbocycles. The number of terminal acetylenes is 1. The van der Waals surface area contributed by atoms with Crippen molar-refractivity contribution in [2.75, 3.05) is 20.0 Å². The van der Waals surface area contributed by atoms with Crippen LogP contribution in [0.3, 0.4) is 0 Å². The normalized spacial score (nSPS) is 20.5. The third-order valence-electron chi connectivity index (χ3n) is 5.43. The van der Waals surface area contributed by atoms with Crippen LogP contribution in [0.15, 0.2) is 91.0 Å². The van der Waals surface area contributed by atoms with E-state index in [2.05, 4.69) is 5.92 Å². The number of benzene rings is 3. The first-order valence-electron chi connectivity index (χ1n) is 11.6. The van der Waals surface area contributed by atoms with Crippen LogP contribution in [0.2, 0.25) is 0 Å². The van der Waals surface area contributed by atoms with Crippen molar-refractivity contribution < 1.29 is 38.0 Å². The molecule has 0 unspecified atom stereocenters. The summed E-state index contributed by atoms with van der Waals surface area (Å²) in [5.74, 6) is 1.74. The van der Waals surface area contributed by atoms with Gasteiger partial charge in [-0.05, 0) is 36.4 Å². The molecular formula is C29H26O8. The molecule has 3 aromatic rings. The lowest BCUT2D eigenvalue weighted by Crippen LogP contribution is -2.42. The predicted octanol–water partition coefficient (Wildman–Crippen LogP) is 3.87. The highest BCUT2D eigenvalue weighted by molar-refractivity contribution is 5.90. The highest BCUT2D eigenvalue weighted by atomic mass is 16.8. The van der Waals surface area contributed by atoms with Crippen molar-refractivity contribution in [3.05, 3.63) is 102 Å². The van der Waals surface area contributed by atoms with E-state index in [9.17, 15) is 9.59 Å².